The van der Waals surface area contributed by atoms with E-state index in [1.54, 1.807) is 0 Å². The predicted molar refractivity (Wildman–Crippen MR) is 18.9 cm³/mol. The van der Waals surface area contributed by atoms with E-state index < -0.39 is 9.05 Å². The van der Waals surface area contributed by atoms with Gasteiger partial charge in [-0.3, -0.25) is 0 Å². The molecule has 32 valence electrons. The molecule has 0 bridgehead atoms. The van der Waals surface area contributed by atoms with E-state index >= 15 is 0 Å². The van der Waals surface area contributed by atoms with Crippen molar-refractivity contribution in [3.05, 3.63) is 0 Å². The third kappa shape index (κ3) is 36.0. The molecule has 6 heavy (non-hydrogen) atoms. The second-order valence-electron chi connectivity index (χ2n) is 0.428. The van der Waals surface area contributed by atoms with Crippen LogP contribution in [0.3, 0.4) is 0 Å². The fourth-order valence-electron chi connectivity index (χ4n) is 0. The molecular formula is HO3RbS2. The van der Waals surface area contributed by atoms with Gasteiger partial charge in [0.25, 0.3) is 0 Å². The van der Waals surface area contributed by atoms with E-state index in [2.05, 4.69) is 11.2 Å². The van der Waals surface area contributed by atoms with Gasteiger partial charge in [0, 0.05) is 0 Å². The summed E-state index contributed by atoms with van der Waals surface area (Å²) >= 11 is 3.35. The Morgan fingerprint density at radius 2 is 1.83 bits per heavy atom. The van der Waals surface area contributed by atoms with Crippen molar-refractivity contribution in [1.29, 1.82) is 0 Å². The van der Waals surface area contributed by atoms with Gasteiger partial charge in [0.2, 0.25) is 0 Å². The van der Waals surface area contributed by atoms with Crippen LogP contribution in [0.1, 0.15) is 0 Å². The van der Waals surface area contributed by atoms with Gasteiger partial charge in [-0.2, -0.15) is 0 Å². The van der Waals surface area contributed by atoms with Crippen LogP contribution < -0.4 is 58.2 Å². The van der Waals surface area contributed by atoms with Gasteiger partial charge in [-0.25, -0.2) is 4.21 Å². The molecule has 0 aromatic rings. The van der Waals surface area contributed by atoms with Crippen molar-refractivity contribution in [1.82, 2.24) is 0 Å². The van der Waals surface area contributed by atoms with Gasteiger partial charge in [-0.05, 0) is 11.2 Å². The minimum absolute atomic E-state index is 0. The fraction of sp³-hybridized carbons (Fsp3) is 0. The Labute approximate surface area is 89.6 Å². The summed E-state index contributed by atoms with van der Waals surface area (Å²) in [5.41, 5.74) is 0. The van der Waals surface area contributed by atoms with Crippen LogP contribution in [0.25, 0.3) is 0 Å². The normalized spacial score (nSPS) is 17.7. The molecule has 0 fully saturated rings. The van der Waals surface area contributed by atoms with Crippen molar-refractivity contribution in [2.24, 2.45) is 0 Å². The average molecular weight is 199 g/mol. The quantitative estimate of drug-likeness (QED) is 0.436. The third-order valence-corrected chi connectivity index (χ3v) is 0. The zero-order valence-corrected chi connectivity index (χ0v) is 9.63. The molecule has 3 nitrogen and oxygen atoms in total. The maximum absolute atomic E-state index is 9.00. The summed E-state index contributed by atoms with van der Waals surface area (Å²) in [4.78, 5) is 0. The standard InChI is InChI=1S/H2O3S2.Rb/c1-5(2,3)4;/h(H2,1,2,3,4);/q;+1/p-1. The van der Waals surface area contributed by atoms with Gasteiger partial charge in [-0.15, -0.1) is 0 Å². The molecule has 0 saturated carbocycles. The summed E-state index contributed by atoms with van der Waals surface area (Å²) in [6, 6.07) is 0. The Morgan fingerprint density at radius 1 is 1.83 bits per heavy atom. The second kappa shape index (κ2) is 4.02. The van der Waals surface area contributed by atoms with Gasteiger partial charge < -0.3 is 9.11 Å². The molecular weight excluding hydrogens is 198 g/mol. The van der Waals surface area contributed by atoms with E-state index in [1.165, 1.54) is 0 Å². The average Bonchev–Trinajstić information content (AvgIpc) is 0.722. The van der Waals surface area contributed by atoms with E-state index in [9.17, 15) is 0 Å². The molecule has 1 unspecified atom stereocenters. The van der Waals surface area contributed by atoms with Crippen LogP contribution in [0.5, 0.6) is 0 Å². The molecule has 0 aliphatic rings. The molecule has 0 aromatic carbocycles. The first-order valence-corrected chi connectivity index (χ1v) is 3.05. The minimum Gasteiger partial charge on any atom is -0.748 e. The van der Waals surface area contributed by atoms with Gasteiger partial charge >= 0.3 is 58.2 Å². The molecule has 1 N–H and O–H groups in total. The zero-order valence-electron chi connectivity index (χ0n) is 3.08. The number of rotatable bonds is 0. The van der Waals surface area contributed by atoms with Crippen LogP contribution in [0.4, 0.5) is 0 Å². The third-order valence-electron chi connectivity index (χ3n) is 0. The molecule has 0 aromatic heterocycles. The van der Waals surface area contributed by atoms with Gasteiger partial charge in [-0.1, -0.05) is 0 Å². The van der Waals surface area contributed by atoms with E-state index in [0.717, 1.165) is 0 Å². The topological polar surface area (TPSA) is 60.4 Å². The predicted octanol–water partition coefficient (Wildman–Crippen LogP) is -3.66. The maximum atomic E-state index is 9.00. The molecule has 0 saturated heterocycles. The Morgan fingerprint density at radius 3 is 1.83 bits per heavy atom. The van der Waals surface area contributed by atoms with Crippen LogP contribution in [-0.4, -0.2) is 13.3 Å². The molecule has 0 spiro atoms. The van der Waals surface area contributed by atoms with E-state index in [4.69, 9.17) is 13.3 Å². The molecule has 0 amide bonds. The van der Waals surface area contributed by atoms with Crippen molar-refractivity contribution in [2.45, 2.75) is 0 Å². The van der Waals surface area contributed by atoms with Crippen molar-refractivity contribution in [3.63, 3.8) is 0 Å². The van der Waals surface area contributed by atoms with E-state index in [1.807, 2.05) is 0 Å². The summed E-state index contributed by atoms with van der Waals surface area (Å²) in [6.07, 6.45) is 0. The molecule has 0 aliphatic carbocycles. The van der Waals surface area contributed by atoms with Gasteiger partial charge in [0.05, 0.1) is 9.05 Å². The summed E-state index contributed by atoms with van der Waals surface area (Å²) in [7, 11) is -4.08. The first kappa shape index (κ1) is 11.0. The van der Waals surface area contributed by atoms with Crippen LogP contribution in [0.15, 0.2) is 0 Å². The number of hydrogen-bond acceptors (Lipinski definition) is 3. The van der Waals surface area contributed by atoms with Crippen LogP contribution in [-0.2, 0) is 20.2 Å². The summed E-state index contributed by atoms with van der Waals surface area (Å²) < 4.78 is 25.3. The summed E-state index contributed by atoms with van der Waals surface area (Å²) in [5.74, 6) is 0. The van der Waals surface area contributed by atoms with Gasteiger partial charge in [0.15, 0.2) is 0 Å². The Balaban J connectivity index is 0. The zero-order chi connectivity index (χ0) is 4.50. The van der Waals surface area contributed by atoms with Crippen LogP contribution >= 0.6 is 0 Å². The smallest absolute Gasteiger partial charge is 0.748 e. The van der Waals surface area contributed by atoms with Crippen molar-refractivity contribution < 1.29 is 71.5 Å². The first-order valence-electron chi connectivity index (χ1n) is 0.683. The number of hydrogen-bond donors (Lipinski definition) is 1. The Hall–Kier alpha value is 2.10. The monoisotopic (exact) mass is 198 g/mol. The summed E-state index contributed by atoms with van der Waals surface area (Å²) in [5, 5.41) is 0. The Kier molecular flexibility index (Phi) is 7.35. The molecule has 1 atom stereocenters. The largest absolute Gasteiger partial charge is 1.00 e. The maximum Gasteiger partial charge on any atom is 1.00 e. The van der Waals surface area contributed by atoms with Crippen molar-refractivity contribution in [3.8, 4) is 0 Å². The Bertz CT molecular complexity index is 92.0. The molecule has 0 radical (unpaired) electrons. The molecule has 0 rings (SSSR count). The van der Waals surface area contributed by atoms with Crippen LogP contribution in [0, 0.1) is 0 Å². The fourth-order valence-corrected chi connectivity index (χ4v) is 0. The van der Waals surface area contributed by atoms with Crippen molar-refractivity contribution >= 4 is 20.2 Å². The molecule has 6 heteroatoms. The van der Waals surface area contributed by atoms with E-state index in [-0.39, 0.29) is 58.2 Å². The van der Waals surface area contributed by atoms with Crippen molar-refractivity contribution in [2.75, 3.05) is 0 Å². The first-order chi connectivity index (χ1) is 2.00. The molecule has 0 heterocycles. The SMILES string of the molecule is O=S([O-])(O)=S.[Rb+]. The summed E-state index contributed by atoms with van der Waals surface area (Å²) in [6.45, 7) is 0. The van der Waals surface area contributed by atoms with Gasteiger partial charge in [0.1, 0.15) is 0 Å². The van der Waals surface area contributed by atoms with E-state index in [0.29, 0.717) is 0 Å². The second-order valence-corrected chi connectivity index (χ2v) is 2.55. The minimum atomic E-state index is -4.08. The van der Waals surface area contributed by atoms with Crippen LogP contribution in [0.2, 0.25) is 0 Å². The molecule has 0 aliphatic heterocycles.